The zero-order valence-corrected chi connectivity index (χ0v) is 10.2. The third-order valence-corrected chi connectivity index (χ3v) is 3.03. The van der Waals surface area contributed by atoms with E-state index in [1.54, 1.807) is 0 Å². The van der Waals surface area contributed by atoms with Crippen molar-refractivity contribution in [3.05, 3.63) is 29.6 Å². The maximum atomic E-state index is 12.1. The molecule has 1 aromatic heterocycles. The number of hydrogen-bond donors (Lipinski definition) is 2. The highest BCUT2D eigenvalue weighted by atomic mass is 16.1. The monoisotopic (exact) mass is 231 g/mol. The Kier molecular flexibility index (Phi) is 3.24. The van der Waals surface area contributed by atoms with Gasteiger partial charge in [0.05, 0.1) is 11.0 Å². The van der Waals surface area contributed by atoms with Crippen molar-refractivity contribution in [2.75, 3.05) is 6.54 Å². The van der Waals surface area contributed by atoms with Gasteiger partial charge in [-0.05, 0) is 31.5 Å². The van der Waals surface area contributed by atoms with Gasteiger partial charge >= 0.3 is 0 Å². The molecule has 0 aliphatic carbocycles. The summed E-state index contributed by atoms with van der Waals surface area (Å²) in [5, 5.41) is 0. The summed E-state index contributed by atoms with van der Waals surface area (Å²) in [6, 6.07) is 5.55. The van der Waals surface area contributed by atoms with Crippen molar-refractivity contribution in [1.29, 1.82) is 0 Å². The molecule has 1 atom stereocenters. The Morgan fingerprint density at radius 2 is 2.29 bits per heavy atom. The molecule has 0 saturated heterocycles. The van der Waals surface area contributed by atoms with Crippen LogP contribution < -0.4 is 5.73 Å². The van der Waals surface area contributed by atoms with Crippen LogP contribution in [-0.4, -0.2) is 22.3 Å². The number of benzene rings is 1. The molecule has 0 bridgehead atoms. The van der Waals surface area contributed by atoms with E-state index in [1.165, 1.54) is 0 Å². The van der Waals surface area contributed by atoms with Crippen molar-refractivity contribution < 1.29 is 4.79 Å². The van der Waals surface area contributed by atoms with Crippen molar-refractivity contribution in [3.63, 3.8) is 0 Å². The molecule has 0 saturated carbocycles. The molecule has 4 nitrogen and oxygen atoms in total. The lowest BCUT2D eigenvalue weighted by Crippen LogP contribution is -2.23. The van der Waals surface area contributed by atoms with Crippen LogP contribution in [0.4, 0.5) is 0 Å². The normalized spacial score (nSPS) is 12.9. The summed E-state index contributed by atoms with van der Waals surface area (Å²) in [6.07, 6.45) is 0.773. The molecule has 0 fully saturated rings. The predicted octanol–water partition coefficient (Wildman–Crippen LogP) is 2.04. The highest BCUT2D eigenvalue weighted by molar-refractivity contribution is 6.00. The second-order valence-electron chi connectivity index (χ2n) is 4.26. The van der Waals surface area contributed by atoms with Gasteiger partial charge in [0.2, 0.25) is 0 Å². The second-order valence-corrected chi connectivity index (χ2v) is 4.26. The lowest BCUT2D eigenvalue weighted by molar-refractivity contribution is 0.0921. The number of carbonyl (C=O) groups excluding carboxylic acids is 1. The SMILES string of the molecule is CCC(CN)C(=O)c1ccc2nc(C)[nH]c2c1. The number of aryl methyl sites for hydroxylation is 1. The van der Waals surface area contributed by atoms with Crippen molar-refractivity contribution in [1.82, 2.24) is 9.97 Å². The molecule has 0 aliphatic rings. The highest BCUT2D eigenvalue weighted by Gasteiger charge is 2.17. The maximum Gasteiger partial charge on any atom is 0.167 e. The van der Waals surface area contributed by atoms with E-state index in [1.807, 2.05) is 32.0 Å². The Morgan fingerprint density at radius 1 is 1.53 bits per heavy atom. The Labute approximate surface area is 100 Å². The number of imidazole rings is 1. The van der Waals surface area contributed by atoms with Crippen LogP contribution in [0.1, 0.15) is 29.5 Å². The van der Waals surface area contributed by atoms with Crippen LogP contribution in [0.3, 0.4) is 0 Å². The number of rotatable bonds is 4. The minimum Gasteiger partial charge on any atom is -0.342 e. The minimum atomic E-state index is -0.0866. The minimum absolute atomic E-state index is 0.0866. The average molecular weight is 231 g/mol. The number of aromatic amines is 1. The van der Waals surface area contributed by atoms with Crippen LogP contribution in [0.2, 0.25) is 0 Å². The fourth-order valence-electron chi connectivity index (χ4n) is 1.99. The third kappa shape index (κ3) is 2.22. The van der Waals surface area contributed by atoms with E-state index in [4.69, 9.17) is 5.73 Å². The van der Waals surface area contributed by atoms with Crippen LogP contribution in [0, 0.1) is 12.8 Å². The van der Waals surface area contributed by atoms with Crippen molar-refractivity contribution in [3.8, 4) is 0 Å². The first-order chi connectivity index (χ1) is 8.15. The van der Waals surface area contributed by atoms with E-state index < -0.39 is 0 Å². The number of Topliss-reactive ketones (excluding diaryl/α,β-unsaturated/α-hetero) is 1. The van der Waals surface area contributed by atoms with E-state index in [0.717, 1.165) is 23.3 Å². The molecule has 0 radical (unpaired) electrons. The molecule has 0 aliphatic heterocycles. The fraction of sp³-hybridized carbons (Fsp3) is 0.385. The smallest absolute Gasteiger partial charge is 0.167 e. The number of H-pyrrole nitrogens is 1. The lowest BCUT2D eigenvalue weighted by Gasteiger charge is -2.10. The van der Waals surface area contributed by atoms with Crippen LogP contribution in [0.5, 0.6) is 0 Å². The van der Waals surface area contributed by atoms with E-state index in [-0.39, 0.29) is 11.7 Å². The molecule has 1 aromatic carbocycles. The lowest BCUT2D eigenvalue weighted by atomic mass is 9.95. The first-order valence-corrected chi connectivity index (χ1v) is 5.86. The molecule has 0 spiro atoms. The highest BCUT2D eigenvalue weighted by Crippen LogP contribution is 2.17. The summed E-state index contributed by atoms with van der Waals surface area (Å²) in [6.45, 7) is 4.28. The molecule has 2 aromatic rings. The van der Waals surface area contributed by atoms with Gasteiger partial charge in [-0.25, -0.2) is 4.98 Å². The van der Waals surface area contributed by atoms with E-state index in [0.29, 0.717) is 12.1 Å². The molecule has 1 unspecified atom stereocenters. The van der Waals surface area contributed by atoms with Gasteiger partial charge in [-0.3, -0.25) is 4.79 Å². The second kappa shape index (κ2) is 4.67. The Morgan fingerprint density at radius 3 is 2.94 bits per heavy atom. The number of carbonyl (C=O) groups is 1. The van der Waals surface area contributed by atoms with E-state index in [2.05, 4.69) is 9.97 Å². The van der Waals surface area contributed by atoms with Gasteiger partial charge in [0.15, 0.2) is 5.78 Å². The van der Waals surface area contributed by atoms with Crippen molar-refractivity contribution in [2.45, 2.75) is 20.3 Å². The van der Waals surface area contributed by atoms with Crippen LogP contribution >= 0.6 is 0 Å². The number of aromatic nitrogens is 2. The Bertz CT molecular complexity index is 541. The average Bonchev–Trinajstić information content (AvgIpc) is 2.69. The van der Waals surface area contributed by atoms with E-state index in [9.17, 15) is 4.79 Å². The first-order valence-electron chi connectivity index (χ1n) is 5.86. The zero-order valence-electron chi connectivity index (χ0n) is 10.2. The molecule has 2 rings (SSSR count). The van der Waals surface area contributed by atoms with Crippen LogP contribution in [-0.2, 0) is 0 Å². The number of nitrogens with zero attached hydrogens (tertiary/aromatic N) is 1. The standard InChI is InChI=1S/C13H17N3O/c1-3-9(7-14)13(17)10-4-5-11-12(6-10)16-8(2)15-11/h4-6,9H,3,7,14H2,1-2H3,(H,15,16). The fourth-order valence-corrected chi connectivity index (χ4v) is 1.99. The quantitative estimate of drug-likeness (QED) is 0.791. The molecular formula is C13H17N3O. The number of ketones is 1. The van der Waals surface area contributed by atoms with E-state index >= 15 is 0 Å². The number of fused-ring (bicyclic) bond motifs is 1. The van der Waals surface area contributed by atoms with Gasteiger partial charge in [0.1, 0.15) is 5.82 Å². The molecule has 17 heavy (non-hydrogen) atoms. The van der Waals surface area contributed by atoms with Crippen molar-refractivity contribution in [2.24, 2.45) is 11.7 Å². The van der Waals surface area contributed by atoms with Gasteiger partial charge in [-0.2, -0.15) is 0 Å². The topological polar surface area (TPSA) is 71.8 Å². The van der Waals surface area contributed by atoms with Crippen molar-refractivity contribution >= 4 is 16.8 Å². The Balaban J connectivity index is 2.38. The predicted molar refractivity (Wildman–Crippen MR) is 68.0 cm³/mol. The summed E-state index contributed by atoms with van der Waals surface area (Å²) in [5.74, 6) is 0.885. The number of hydrogen-bond acceptors (Lipinski definition) is 3. The van der Waals surface area contributed by atoms with Gasteiger partial charge < -0.3 is 10.7 Å². The van der Waals surface area contributed by atoms with Crippen LogP contribution in [0.15, 0.2) is 18.2 Å². The largest absolute Gasteiger partial charge is 0.342 e. The van der Waals surface area contributed by atoms with Crippen LogP contribution in [0.25, 0.3) is 11.0 Å². The summed E-state index contributed by atoms with van der Waals surface area (Å²) < 4.78 is 0. The molecule has 1 heterocycles. The molecule has 4 heteroatoms. The van der Waals surface area contributed by atoms with Gasteiger partial charge in [0, 0.05) is 18.0 Å². The summed E-state index contributed by atoms with van der Waals surface area (Å²) in [5.41, 5.74) is 8.10. The summed E-state index contributed by atoms with van der Waals surface area (Å²) in [4.78, 5) is 19.6. The number of nitrogens with one attached hydrogen (secondary N) is 1. The summed E-state index contributed by atoms with van der Waals surface area (Å²) in [7, 11) is 0. The van der Waals surface area contributed by atoms with Gasteiger partial charge in [-0.1, -0.05) is 6.92 Å². The molecule has 90 valence electrons. The zero-order chi connectivity index (χ0) is 12.4. The Hall–Kier alpha value is -1.68. The van der Waals surface area contributed by atoms with Gasteiger partial charge in [0.25, 0.3) is 0 Å². The number of nitrogens with two attached hydrogens (primary N) is 1. The molecule has 3 N–H and O–H groups in total. The first kappa shape index (κ1) is 11.8. The van der Waals surface area contributed by atoms with Gasteiger partial charge in [-0.15, -0.1) is 0 Å². The molecule has 0 amide bonds. The third-order valence-electron chi connectivity index (χ3n) is 3.03. The molecular weight excluding hydrogens is 214 g/mol. The summed E-state index contributed by atoms with van der Waals surface area (Å²) >= 11 is 0. The maximum absolute atomic E-state index is 12.1.